The average Bonchev–Trinajstić information content (AvgIpc) is 2.62. The second kappa shape index (κ2) is 9.31. The predicted octanol–water partition coefficient (Wildman–Crippen LogP) is 1.21. The van der Waals surface area contributed by atoms with Crippen LogP contribution in [0.4, 0.5) is 11.4 Å². The topological polar surface area (TPSA) is 114 Å². The average molecular weight is 385 g/mol. The Balaban J connectivity index is 2.24. The van der Waals surface area contributed by atoms with Gasteiger partial charge in [-0.25, -0.2) is 8.42 Å². The van der Waals surface area contributed by atoms with Gasteiger partial charge in [0.2, 0.25) is 15.9 Å². The van der Waals surface area contributed by atoms with E-state index < -0.39 is 10.0 Å². The van der Waals surface area contributed by atoms with Gasteiger partial charge in [-0.3, -0.25) is 4.79 Å². The van der Waals surface area contributed by atoms with Crippen LogP contribution in [-0.2, 0) is 19.6 Å². The molecule has 1 atom stereocenters. The maximum Gasteiger partial charge on any atom is 0.243 e. The molecular weight excluding hydrogens is 356 g/mol. The summed E-state index contributed by atoms with van der Waals surface area (Å²) in [5.74, 6) is -0.192. The molecule has 8 nitrogen and oxygen atoms in total. The lowest BCUT2D eigenvalue weighted by Gasteiger charge is -2.26. The summed E-state index contributed by atoms with van der Waals surface area (Å²) in [7, 11) is -3.62. The first kappa shape index (κ1) is 20.6. The maximum absolute atomic E-state index is 12.8. The van der Waals surface area contributed by atoms with Gasteiger partial charge in [-0.1, -0.05) is 0 Å². The molecule has 0 radical (unpaired) electrons. The van der Waals surface area contributed by atoms with E-state index in [2.05, 4.69) is 10.6 Å². The first-order valence-electron chi connectivity index (χ1n) is 8.86. The van der Waals surface area contributed by atoms with Gasteiger partial charge in [0.25, 0.3) is 0 Å². The molecule has 0 saturated carbocycles. The van der Waals surface area contributed by atoms with Gasteiger partial charge in [-0.2, -0.15) is 4.31 Å². The summed E-state index contributed by atoms with van der Waals surface area (Å²) in [4.78, 5) is 12.3. The van der Waals surface area contributed by atoms with E-state index in [4.69, 9.17) is 10.5 Å². The largest absolute Gasteiger partial charge is 0.384 e. The van der Waals surface area contributed by atoms with Crippen LogP contribution in [0.3, 0.4) is 0 Å². The fourth-order valence-electron chi connectivity index (χ4n) is 2.64. The Morgan fingerprint density at radius 3 is 2.62 bits per heavy atom. The second-order valence-electron chi connectivity index (χ2n) is 6.32. The van der Waals surface area contributed by atoms with E-state index in [9.17, 15) is 13.2 Å². The minimum atomic E-state index is -3.62. The number of nitrogens with zero attached hydrogens (tertiary/aromatic N) is 1. The highest BCUT2D eigenvalue weighted by molar-refractivity contribution is 7.89. The van der Waals surface area contributed by atoms with Crippen molar-refractivity contribution in [2.75, 3.05) is 43.5 Å². The molecule has 1 fully saturated rings. The van der Waals surface area contributed by atoms with Crippen molar-refractivity contribution in [2.24, 2.45) is 5.73 Å². The molecule has 1 unspecified atom stereocenters. The Morgan fingerprint density at radius 1 is 1.31 bits per heavy atom. The van der Waals surface area contributed by atoms with Crippen LogP contribution in [-0.4, -0.2) is 57.5 Å². The first-order chi connectivity index (χ1) is 12.3. The number of nitrogens with one attached hydrogen (secondary N) is 2. The van der Waals surface area contributed by atoms with Crippen molar-refractivity contribution in [3.63, 3.8) is 0 Å². The molecule has 4 N–H and O–H groups in total. The fraction of sp³-hybridized carbons (Fsp3) is 0.588. The summed E-state index contributed by atoms with van der Waals surface area (Å²) in [6, 6.07) is 4.67. The van der Waals surface area contributed by atoms with Crippen molar-refractivity contribution in [1.82, 2.24) is 4.31 Å². The highest BCUT2D eigenvalue weighted by Crippen LogP contribution is 2.28. The number of nitrogens with two attached hydrogens (primary N) is 1. The molecule has 0 spiro atoms. The van der Waals surface area contributed by atoms with Crippen LogP contribution in [0.5, 0.6) is 0 Å². The Kier molecular flexibility index (Phi) is 7.39. The number of rotatable bonds is 8. The van der Waals surface area contributed by atoms with Crippen molar-refractivity contribution in [1.29, 1.82) is 0 Å². The van der Waals surface area contributed by atoms with Gasteiger partial charge in [0.15, 0.2) is 0 Å². The van der Waals surface area contributed by atoms with Crippen LogP contribution < -0.4 is 16.4 Å². The van der Waals surface area contributed by atoms with Gasteiger partial charge in [0.1, 0.15) is 0 Å². The van der Waals surface area contributed by atoms with Crippen molar-refractivity contribution in [2.45, 2.75) is 37.6 Å². The summed E-state index contributed by atoms with van der Waals surface area (Å²) in [6.45, 7) is 5.84. The molecule has 2 rings (SSSR count). The highest BCUT2D eigenvalue weighted by Gasteiger charge is 2.27. The minimum Gasteiger partial charge on any atom is -0.384 e. The molecule has 0 bridgehead atoms. The standard InChI is InChI=1S/C17H28N4O4S/c1-3-19-15-6-5-14(26(23,24)21-8-10-25-11-9-21)12-16(15)20-17(22)7-4-13(2)18/h5-6,12-13,19H,3-4,7-11,18H2,1-2H3,(H,20,22). The number of morpholine rings is 1. The van der Waals surface area contributed by atoms with E-state index >= 15 is 0 Å². The van der Waals surface area contributed by atoms with E-state index in [0.717, 1.165) is 0 Å². The monoisotopic (exact) mass is 384 g/mol. The maximum atomic E-state index is 12.8. The molecule has 26 heavy (non-hydrogen) atoms. The molecule has 1 aromatic carbocycles. The minimum absolute atomic E-state index is 0.0676. The molecule has 1 aliphatic rings. The lowest BCUT2D eigenvalue weighted by Crippen LogP contribution is -2.40. The Morgan fingerprint density at radius 2 is 2.00 bits per heavy atom. The number of amides is 1. The lowest BCUT2D eigenvalue weighted by atomic mass is 10.2. The summed E-state index contributed by atoms with van der Waals surface area (Å²) in [6.07, 6.45) is 0.845. The number of sulfonamides is 1. The summed E-state index contributed by atoms with van der Waals surface area (Å²) in [5, 5.41) is 5.94. The van der Waals surface area contributed by atoms with Gasteiger partial charge in [-0.05, 0) is 38.5 Å². The number of hydrogen-bond donors (Lipinski definition) is 3. The van der Waals surface area contributed by atoms with Crippen molar-refractivity contribution in [3.8, 4) is 0 Å². The Hall–Kier alpha value is -1.68. The third-order valence-electron chi connectivity index (χ3n) is 4.07. The van der Waals surface area contributed by atoms with Gasteiger partial charge >= 0.3 is 0 Å². The first-order valence-corrected chi connectivity index (χ1v) is 10.3. The molecule has 0 aliphatic carbocycles. The number of hydrogen-bond acceptors (Lipinski definition) is 6. The highest BCUT2D eigenvalue weighted by atomic mass is 32.2. The molecule has 1 aliphatic heterocycles. The van der Waals surface area contributed by atoms with E-state index in [1.165, 1.54) is 10.4 Å². The van der Waals surface area contributed by atoms with E-state index in [1.807, 2.05) is 13.8 Å². The van der Waals surface area contributed by atoms with Gasteiger partial charge < -0.3 is 21.1 Å². The number of benzene rings is 1. The van der Waals surface area contributed by atoms with Crippen molar-refractivity contribution < 1.29 is 17.9 Å². The molecule has 1 aromatic rings. The van der Waals surface area contributed by atoms with Crippen molar-refractivity contribution in [3.05, 3.63) is 18.2 Å². The Bertz CT molecular complexity index is 715. The van der Waals surface area contributed by atoms with E-state index in [0.29, 0.717) is 50.6 Å². The predicted molar refractivity (Wildman–Crippen MR) is 102 cm³/mol. The van der Waals surface area contributed by atoms with E-state index in [1.54, 1.807) is 12.1 Å². The smallest absolute Gasteiger partial charge is 0.243 e. The molecule has 1 saturated heterocycles. The zero-order valence-electron chi connectivity index (χ0n) is 15.3. The quantitative estimate of drug-likeness (QED) is 0.621. The van der Waals surface area contributed by atoms with Gasteiger partial charge in [0, 0.05) is 32.1 Å². The van der Waals surface area contributed by atoms with Crippen LogP contribution in [0.15, 0.2) is 23.1 Å². The molecule has 1 heterocycles. The number of anilines is 2. The van der Waals surface area contributed by atoms with E-state index in [-0.39, 0.29) is 23.3 Å². The van der Waals surface area contributed by atoms with Crippen LogP contribution in [0.2, 0.25) is 0 Å². The fourth-order valence-corrected chi connectivity index (χ4v) is 4.07. The van der Waals surface area contributed by atoms with Crippen LogP contribution >= 0.6 is 0 Å². The molecule has 1 amide bonds. The third-order valence-corrected chi connectivity index (χ3v) is 5.96. The molecular formula is C17H28N4O4S. The summed E-state index contributed by atoms with van der Waals surface area (Å²) in [5.41, 5.74) is 6.83. The van der Waals surface area contributed by atoms with Gasteiger partial charge in [-0.15, -0.1) is 0 Å². The SMILES string of the molecule is CCNc1ccc(S(=O)(=O)N2CCOCC2)cc1NC(=O)CCC(C)N. The Labute approximate surface area is 155 Å². The second-order valence-corrected chi connectivity index (χ2v) is 8.26. The summed E-state index contributed by atoms with van der Waals surface area (Å²) < 4.78 is 32.3. The molecule has 0 aromatic heterocycles. The number of carbonyl (C=O) groups excluding carboxylic acids is 1. The van der Waals surface area contributed by atoms with Crippen LogP contribution in [0, 0.1) is 0 Å². The zero-order valence-corrected chi connectivity index (χ0v) is 16.1. The van der Waals surface area contributed by atoms with Crippen LogP contribution in [0.1, 0.15) is 26.7 Å². The third kappa shape index (κ3) is 5.41. The van der Waals surface area contributed by atoms with Crippen LogP contribution in [0.25, 0.3) is 0 Å². The summed E-state index contributed by atoms with van der Waals surface area (Å²) >= 11 is 0. The molecule has 9 heteroatoms. The molecule has 146 valence electrons. The lowest BCUT2D eigenvalue weighted by molar-refractivity contribution is -0.116. The van der Waals surface area contributed by atoms with Crippen molar-refractivity contribution >= 4 is 27.3 Å². The zero-order chi connectivity index (χ0) is 19.2. The number of ether oxygens (including phenoxy) is 1. The van der Waals surface area contributed by atoms with Gasteiger partial charge in [0.05, 0.1) is 29.5 Å². The normalized spacial score (nSPS) is 16.9. The number of carbonyl (C=O) groups is 1.